The molecule has 8 nitrogen and oxygen atoms in total. The highest BCUT2D eigenvalue weighted by atomic mass is 127. The predicted octanol–water partition coefficient (Wildman–Crippen LogP) is 1.73. The Morgan fingerprint density at radius 3 is 2.21 bits per heavy atom. The summed E-state index contributed by atoms with van der Waals surface area (Å²) in [5.41, 5.74) is 1.65. The summed E-state index contributed by atoms with van der Waals surface area (Å²) < 4.78 is 24.7. The van der Waals surface area contributed by atoms with Crippen molar-refractivity contribution >= 4 is 45.9 Å². The molecule has 10 heteroatoms. The summed E-state index contributed by atoms with van der Waals surface area (Å²) in [5, 5.41) is 6.40. The average molecular weight is 539 g/mol. The second-order valence-electron chi connectivity index (χ2n) is 6.63. The van der Waals surface area contributed by atoms with Gasteiger partial charge in [0.1, 0.15) is 0 Å². The number of hydrogen-bond donors (Lipinski definition) is 2. The molecule has 29 heavy (non-hydrogen) atoms. The molecule has 0 bridgehead atoms. The van der Waals surface area contributed by atoms with Gasteiger partial charge in [-0.1, -0.05) is 19.1 Å². The van der Waals surface area contributed by atoms with Crippen LogP contribution in [0.1, 0.15) is 36.2 Å². The Morgan fingerprint density at radius 1 is 1.10 bits per heavy atom. The van der Waals surface area contributed by atoms with E-state index in [1.165, 1.54) is 10.6 Å². The van der Waals surface area contributed by atoms with Gasteiger partial charge in [0, 0.05) is 45.8 Å². The molecule has 1 aromatic carbocycles. The highest BCUT2D eigenvalue weighted by Gasteiger charge is 2.13. The average Bonchev–Trinajstić information content (AvgIpc) is 2.64. The molecule has 0 heterocycles. The lowest BCUT2D eigenvalue weighted by Gasteiger charge is -2.18. The number of guanidine groups is 1. The largest absolute Gasteiger partial charge is 0.357 e. The molecule has 0 spiro atoms. The number of carbonyl (C=O) groups excluding carboxylic acids is 1. The summed E-state index contributed by atoms with van der Waals surface area (Å²) >= 11 is 0. The zero-order chi connectivity index (χ0) is 21.2. The monoisotopic (exact) mass is 539 g/mol. The maximum absolute atomic E-state index is 11.9. The van der Waals surface area contributed by atoms with Crippen LogP contribution in [0.3, 0.4) is 0 Å². The molecule has 0 radical (unpaired) electrons. The van der Waals surface area contributed by atoms with Crippen molar-refractivity contribution in [1.29, 1.82) is 0 Å². The van der Waals surface area contributed by atoms with Crippen LogP contribution in [0.5, 0.6) is 0 Å². The summed E-state index contributed by atoms with van der Waals surface area (Å²) in [6.45, 7) is 6.60. The van der Waals surface area contributed by atoms with Gasteiger partial charge in [0.2, 0.25) is 10.0 Å². The molecular formula is C19H34IN5O3S. The Balaban J connectivity index is 0.00000784. The van der Waals surface area contributed by atoms with Crippen LogP contribution in [-0.4, -0.2) is 76.0 Å². The Hall–Kier alpha value is -1.40. The highest BCUT2D eigenvalue weighted by molar-refractivity contribution is 14.0. The molecule has 1 rings (SSSR count). The molecule has 0 saturated heterocycles. The van der Waals surface area contributed by atoms with Gasteiger partial charge in [-0.2, -0.15) is 0 Å². The SMILES string of the molecule is CCNC(=NCc1ccc(C(=O)N(C)C)cc1)NCCCN(CC)S(C)(=O)=O.I. The molecule has 0 saturated carbocycles. The molecule has 0 aliphatic carbocycles. The summed E-state index contributed by atoms with van der Waals surface area (Å²) in [6.07, 6.45) is 1.92. The van der Waals surface area contributed by atoms with Crippen molar-refractivity contribution in [2.45, 2.75) is 26.8 Å². The van der Waals surface area contributed by atoms with Gasteiger partial charge < -0.3 is 15.5 Å². The normalized spacial score (nSPS) is 11.7. The number of benzene rings is 1. The summed E-state index contributed by atoms with van der Waals surface area (Å²) in [4.78, 5) is 18.0. The van der Waals surface area contributed by atoms with Crippen LogP contribution >= 0.6 is 24.0 Å². The zero-order valence-corrected chi connectivity index (χ0v) is 21.1. The topological polar surface area (TPSA) is 94.1 Å². The number of rotatable bonds is 10. The van der Waals surface area contributed by atoms with Crippen LogP contribution in [0.25, 0.3) is 0 Å². The van der Waals surface area contributed by atoms with Crippen LogP contribution in [-0.2, 0) is 16.6 Å². The molecule has 0 aliphatic heterocycles. The molecule has 1 aromatic rings. The van der Waals surface area contributed by atoms with Crippen molar-refractivity contribution in [3.8, 4) is 0 Å². The van der Waals surface area contributed by atoms with Crippen LogP contribution in [0.15, 0.2) is 29.3 Å². The van der Waals surface area contributed by atoms with Crippen LogP contribution < -0.4 is 10.6 Å². The van der Waals surface area contributed by atoms with Crippen LogP contribution in [0.2, 0.25) is 0 Å². The molecule has 0 fully saturated rings. The molecule has 2 N–H and O–H groups in total. The van der Waals surface area contributed by atoms with E-state index in [1.807, 2.05) is 26.0 Å². The van der Waals surface area contributed by atoms with Gasteiger partial charge in [-0.05, 0) is 31.0 Å². The lowest BCUT2D eigenvalue weighted by atomic mass is 10.1. The van der Waals surface area contributed by atoms with E-state index in [0.29, 0.717) is 44.1 Å². The predicted molar refractivity (Wildman–Crippen MR) is 129 cm³/mol. The Labute approximate surface area is 192 Å². The summed E-state index contributed by atoms with van der Waals surface area (Å²) in [6, 6.07) is 7.40. The maximum Gasteiger partial charge on any atom is 0.253 e. The molecule has 0 aliphatic rings. The smallest absolute Gasteiger partial charge is 0.253 e. The fraction of sp³-hybridized carbons (Fsp3) is 0.579. The van der Waals surface area contributed by atoms with E-state index < -0.39 is 10.0 Å². The van der Waals surface area contributed by atoms with E-state index in [0.717, 1.165) is 12.1 Å². The minimum atomic E-state index is -3.15. The number of halogens is 1. The molecule has 1 amide bonds. The van der Waals surface area contributed by atoms with E-state index in [1.54, 1.807) is 31.1 Å². The lowest BCUT2D eigenvalue weighted by molar-refractivity contribution is 0.0827. The second-order valence-corrected chi connectivity index (χ2v) is 8.61. The number of sulfonamides is 1. The first-order chi connectivity index (χ1) is 13.2. The number of nitrogens with zero attached hydrogens (tertiary/aromatic N) is 3. The van der Waals surface area contributed by atoms with Gasteiger partial charge in [-0.3, -0.25) is 4.79 Å². The minimum Gasteiger partial charge on any atom is -0.357 e. The molecule has 0 atom stereocenters. The fourth-order valence-corrected chi connectivity index (χ4v) is 3.47. The standard InChI is InChI=1S/C19H33N5O3S.HI/c1-6-20-19(21-13-8-14-24(7-2)28(5,26)27)22-15-16-9-11-17(12-10-16)18(25)23(3)4;/h9-12H,6-8,13-15H2,1-5H3,(H2,20,21,22);1H. The van der Waals surface area contributed by atoms with Gasteiger partial charge >= 0.3 is 0 Å². The molecule has 0 aromatic heterocycles. The fourth-order valence-electron chi connectivity index (χ4n) is 2.54. The van der Waals surface area contributed by atoms with E-state index in [9.17, 15) is 13.2 Å². The van der Waals surface area contributed by atoms with Crippen molar-refractivity contribution in [3.63, 3.8) is 0 Å². The number of aliphatic imine (C=N–C) groups is 1. The number of carbonyl (C=O) groups is 1. The zero-order valence-electron chi connectivity index (χ0n) is 17.9. The minimum absolute atomic E-state index is 0. The van der Waals surface area contributed by atoms with Crippen molar-refractivity contribution in [3.05, 3.63) is 35.4 Å². The highest BCUT2D eigenvalue weighted by Crippen LogP contribution is 2.07. The third kappa shape index (κ3) is 10.3. The third-order valence-corrected chi connectivity index (χ3v) is 5.45. The van der Waals surface area contributed by atoms with Crippen molar-refractivity contribution in [2.24, 2.45) is 4.99 Å². The van der Waals surface area contributed by atoms with Gasteiger partial charge in [0.25, 0.3) is 5.91 Å². The van der Waals surface area contributed by atoms with E-state index in [-0.39, 0.29) is 29.9 Å². The molecule has 0 unspecified atom stereocenters. The van der Waals surface area contributed by atoms with E-state index in [2.05, 4.69) is 15.6 Å². The first-order valence-corrected chi connectivity index (χ1v) is 11.3. The van der Waals surface area contributed by atoms with E-state index in [4.69, 9.17) is 0 Å². The third-order valence-electron chi connectivity index (χ3n) is 4.07. The van der Waals surface area contributed by atoms with Crippen molar-refractivity contribution < 1.29 is 13.2 Å². The lowest BCUT2D eigenvalue weighted by Crippen LogP contribution is -2.39. The first-order valence-electron chi connectivity index (χ1n) is 9.46. The van der Waals surface area contributed by atoms with Crippen molar-refractivity contribution in [2.75, 3.05) is 46.5 Å². The van der Waals surface area contributed by atoms with Gasteiger partial charge in [0.15, 0.2) is 5.96 Å². The summed E-state index contributed by atoms with van der Waals surface area (Å²) in [5.74, 6) is 0.652. The number of amides is 1. The number of nitrogens with one attached hydrogen (secondary N) is 2. The van der Waals surface area contributed by atoms with Gasteiger partial charge in [0.05, 0.1) is 12.8 Å². The van der Waals surface area contributed by atoms with Crippen LogP contribution in [0, 0.1) is 0 Å². The maximum atomic E-state index is 11.9. The van der Waals surface area contributed by atoms with Gasteiger partial charge in [-0.15, -0.1) is 24.0 Å². The van der Waals surface area contributed by atoms with Crippen LogP contribution in [0.4, 0.5) is 0 Å². The molecular weight excluding hydrogens is 505 g/mol. The number of hydrogen-bond acceptors (Lipinski definition) is 4. The Kier molecular flexibility index (Phi) is 13.1. The summed E-state index contributed by atoms with van der Waals surface area (Å²) in [7, 11) is 0.299. The quantitative estimate of drug-likeness (QED) is 0.205. The van der Waals surface area contributed by atoms with Gasteiger partial charge in [-0.25, -0.2) is 17.7 Å². The van der Waals surface area contributed by atoms with E-state index >= 15 is 0 Å². The van der Waals surface area contributed by atoms with Crippen molar-refractivity contribution in [1.82, 2.24) is 19.8 Å². The first kappa shape index (κ1) is 27.6. The Bertz CT molecular complexity index is 752. The second kappa shape index (κ2) is 13.8. The molecule has 166 valence electrons. The Morgan fingerprint density at radius 2 is 1.72 bits per heavy atom.